The fraction of sp³-hybridized carbons (Fsp3) is 0.750. The van der Waals surface area contributed by atoms with E-state index in [0.29, 0.717) is 0 Å². The van der Waals surface area contributed by atoms with Crippen molar-refractivity contribution in [3.8, 4) is 0 Å². The first-order valence-corrected chi connectivity index (χ1v) is 7.15. The number of aliphatic hydroxyl groups is 2. The van der Waals surface area contributed by atoms with E-state index in [1.165, 1.54) is 10.8 Å². The molecule has 0 saturated carbocycles. The Morgan fingerprint density at radius 3 is 1.67 bits per heavy atom. The van der Waals surface area contributed by atoms with Crippen molar-refractivity contribution in [2.24, 2.45) is 0 Å². The summed E-state index contributed by atoms with van der Waals surface area (Å²) in [5, 5.41) is 22.8. The van der Waals surface area contributed by atoms with E-state index in [4.69, 9.17) is 0 Å². The molecule has 0 radical (unpaired) electrons. The van der Waals surface area contributed by atoms with Crippen molar-refractivity contribution in [3.05, 3.63) is 0 Å². The number of hydrogen-bond donors (Lipinski definition) is 2. The predicted octanol–water partition coefficient (Wildman–Crippen LogP) is 1.76. The smallest absolute Gasteiger partial charge is 0.106 e. The van der Waals surface area contributed by atoms with Gasteiger partial charge in [0.2, 0.25) is 0 Å². The zero-order valence-corrected chi connectivity index (χ0v) is 9.65. The fourth-order valence-corrected chi connectivity index (χ4v) is 5.48. The van der Waals surface area contributed by atoms with Crippen LogP contribution in [0.2, 0.25) is 0 Å². The van der Waals surface area contributed by atoms with Crippen LogP contribution in [0.5, 0.6) is 0 Å². The SMILES string of the molecule is CC=S(=CC)(SC(C)O)C(C)O. The number of hydrogen-bond acceptors (Lipinski definition) is 3. The molecule has 0 bridgehead atoms. The van der Waals surface area contributed by atoms with E-state index in [2.05, 4.69) is 0 Å². The summed E-state index contributed by atoms with van der Waals surface area (Å²) in [6.45, 7) is 7.35. The molecule has 0 aliphatic carbocycles. The number of rotatable bonds is 3. The topological polar surface area (TPSA) is 40.5 Å². The van der Waals surface area contributed by atoms with E-state index in [0.717, 1.165) is 0 Å². The fourth-order valence-electron chi connectivity index (χ4n) is 0.963. The van der Waals surface area contributed by atoms with Gasteiger partial charge in [0, 0.05) is 0 Å². The summed E-state index contributed by atoms with van der Waals surface area (Å²) >= 11 is 0. The van der Waals surface area contributed by atoms with E-state index in [-0.39, 0.29) is 0 Å². The molecule has 0 rings (SSSR count). The van der Waals surface area contributed by atoms with Gasteiger partial charge in [0.1, 0.15) is 5.44 Å². The van der Waals surface area contributed by atoms with Crippen molar-refractivity contribution in [1.82, 2.24) is 0 Å². The summed E-state index contributed by atoms with van der Waals surface area (Å²) in [5.74, 6) is 0. The molecule has 4 heteroatoms. The van der Waals surface area contributed by atoms with Crippen molar-refractivity contribution in [1.29, 1.82) is 0 Å². The molecule has 0 aromatic heterocycles. The molecule has 0 aromatic rings. The summed E-state index contributed by atoms with van der Waals surface area (Å²) in [7, 11) is 0.117. The van der Waals surface area contributed by atoms with Crippen LogP contribution in [0, 0.1) is 0 Å². The van der Waals surface area contributed by atoms with Gasteiger partial charge >= 0.3 is 0 Å². The van der Waals surface area contributed by atoms with Gasteiger partial charge in [-0.1, -0.05) is 21.5 Å². The highest BCUT2D eigenvalue weighted by Gasteiger charge is 2.11. The lowest BCUT2D eigenvalue weighted by Gasteiger charge is -2.21. The quantitative estimate of drug-likeness (QED) is 0.424. The largest absolute Gasteiger partial charge is 0.383 e. The van der Waals surface area contributed by atoms with Crippen molar-refractivity contribution < 1.29 is 10.2 Å². The molecule has 0 spiro atoms. The van der Waals surface area contributed by atoms with Crippen LogP contribution < -0.4 is 0 Å². The third kappa shape index (κ3) is 3.01. The van der Waals surface area contributed by atoms with Gasteiger partial charge in [-0.05, 0) is 27.7 Å². The molecule has 0 heterocycles. The molecule has 74 valence electrons. The molecular formula is C8H18O2S2. The Kier molecular flexibility index (Phi) is 5.32. The third-order valence-corrected chi connectivity index (χ3v) is 8.55. The Balaban J connectivity index is 4.90. The van der Waals surface area contributed by atoms with E-state index in [1.54, 1.807) is 13.8 Å². The molecule has 0 aliphatic heterocycles. The van der Waals surface area contributed by atoms with Crippen LogP contribution in [-0.4, -0.2) is 31.8 Å². The molecule has 2 nitrogen and oxygen atoms in total. The van der Waals surface area contributed by atoms with Crippen LogP contribution in [0.15, 0.2) is 0 Å². The maximum atomic E-state index is 9.55. The van der Waals surface area contributed by atoms with Crippen LogP contribution in [-0.2, 0) is 0 Å². The first kappa shape index (κ1) is 12.4. The Morgan fingerprint density at radius 1 is 1.17 bits per heavy atom. The normalized spacial score (nSPS) is 16.8. The Labute approximate surface area is 78.9 Å². The van der Waals surface area contributed by atoms with Crippen molar-refractivity contribution in [2.45, 2.75) is 38.6 Å². The third-order valence-electron chi connectivity index (χ3n) is 1.58. The second-order valence-electron chi connectivity index (χ2n) is 2.46. The zero-order valence-electron chi connectivity index (χ0n) is 8.02. The highest BCUT2D eigenvalue weighted by Crippen LogP contribution is 2.44. The van der Waals surface area contributed by atoms with Crippen molar-refractivity contribution in [3.63, 3.8) is 0 Å². The second kappa shape index (κ2) is 5.17. The van der Waals surface area contributed by atoms with Crippen LogP contribution in [0.4, 0.5) is 0 Å². The van der Waals surface area contributed by atoms with E-state index in [9.17, 15) is 10.2 Å². The van der Waals surface area contributed by atoms with Gasteiger partial charge in [-0.2, -0.15) is 0 Å². The lowest BCUT2D eigenvalue weighted by Crippen LogP contribution is -2.04. The molecule has 12 heavy (non-hydrogen) atoms. The summed E-state index contributed by atoms with van der Waals surface area (Å²) in [4.78, 5) is 0. The summed E-state index contributed by atoms with van der Waals surface area (Å²) in [6.07, 6.45) is 0. The monoisotopic (exact) mass is 210 g/mol. The van der Waals surface area contributed by atoms with Crippen LogP contribution >= 0.6 is 19.0 Å². The maximum Gasteiger partial charge on any atom is 0.106 e. The van der Waals surface area contributed by atoms with Gasteiger partial charge in [0.25, 0.3) is 0 Å². The highest BCUT2D eigenvalue weighted by molar-refractivity contribution is 8.90. The van der Waals surface area contributed by atoms with Gasteiger partial charge < -0.3 is 10.2 Å². The van der Waals surface area contributed by atoms with Crippen molar-refractivity contribution in [2.75, 3.05) is 0 Å². The van der Waals surface area contributed by atoms with E-state index in [1.807, 2.05) is 24.6 Å². The first-order valence-electron chi connectivity index (χ1n) is 3.94. The highest BCUT2D eigenvalue weighted by atomic mass is 33.1. The average molecular weight is 210 g/mol. The molecule has 0 amide bonds. The Hall–Kier alpha value is 0.360. The van der Waals surface area contributed by atoms with Crippen molar-refractivity contribution >= 4 is 29.8 Å². The Bertz CT molecular complexity index is 221. The summed E-state index contributed by atoms with van der Waals surface area (Å²) in [5.41, 5.74) is -0.825. The summed E-state index contributed by atoms with van der Waals surface area (Å²) in [6, 6.07) is 0. The second-order valence-corrected chi connectivity index (χ2v) is 8.67. The molecule has 0 aliphatic rings. The lowest BCUT2D eigenvalue weighted by atomic mass is 10.9. The molecule has 2 atom stereocenters. The van der Waals surface area contributed by atoms with Gasteiger partial charge in [-0.3, -0.25) is 0 Å². The minimum Gasteiger partial charge on any atom is -0.383 e. The average Bonchev–Trinajstić information content (AvgIpc) is 1.99. The summed E-state index contributed by atoms with van der Waals surface area (Å²) < 4.78 is 0. The van der Waals surface area contributed by atoms with Crippen LogP contribution in [0.25, 0.3) is 0 Å². The molecule has 0 saturated heterocycles. The van der Waals surface area contributed by atoms with Gasteiger partial charge in [-0.15, -0.1) is 8.24 Å². The molecule has 0 fully saturated rings. The number of aliphatic hydroxyl groups excluding tert-OH is 2. The van der Waals surface area contributed by atoms with Gasteiger partial charge in [0.15, 0.2) is 0 Å². The first-order chi connectivity index (χ1) is 5.48. The van der Waals surface area contributed by atoms with E-state index >= 15 is 0 Å². The predicted molar refractivity (Wildman–Crippen MR) is 62.0 cm³/mol. The van der Waals surface area contributed by atoms with Gasteiger partial charge in [-0.25, -0.2) is 0 Å². The molecule has 0 aromatic carbocycles. The molecule has 2 N–H and O–H groups in total. The minimum absolute atomic E-state index is 0.396. The van der Waals surface area contributed by atoms with Crippen LogP contribution in [0.3, 0.4) is 0 Å². The minimum atomic E-state index is -1.32. The molecule has 2 unspecified atom stereocenters. The Morgan fingerprint density at radius 2 is 1.58 bits per heavy atom. The maximum absolute atomic E-state index is 9.55. The van der Waals surface area contributed by atoms with Gasteiger partial charge in [0.05, 0.1) is 5.44 Å². The van der Waals surface area contributed by atoms with E-state index < -0.39 is 19.1 Å². The zero-order chi connectivity index (χ0) is 9.78. The van der Waals surface area contributed by atoms with Crippen LogP contribution in [0.1, 0.15) is 27.7 Å². The molecular weight excluding hydrogens is 192 g/mol. The lowest BCUT2D eigenvalue weighted by molar-refractivity contribution is 0.280. The standard InChI is InChI=1S/C8H18O2S2/c1-5-12(6-2,8(4)10)11-7(3)9/h5-10H,1-4H3.